The Balaban J connectivity index is 3.25. The Morgan fingerprint density at radius 1 is 1.77 bits per heavy atom. The second-order valence-corrected chi connectivity index (χ2v) is 2.12. The number of methoxy groups -OCH3 is 1. The first-order valence-corrected chi connectivity index (χ1v) is 3.27. The second kappa shape index (κ2) is 3.49. The lowest BCUT2D eigenvalue weighted by atomic mass is 10.3. The number of pyridine rings is 1. The van der Waals surface area contributed by atoms with Gasteiger partial charge in [-0.15, -0.1) is 0 Å². The van der Waals surface area contributed by atoms with Gasteiger partial charge in [0.25, 0.3) is 0 Å². The van der Waals surface area contributed by atoms with Crippen LogP contribution in [0.25, 0.3) is 0 Å². The average molecular weight is 179 g/mol. The molecule has 6 heteroatoms. The van der Waals surface area contributed by atoms with Crippen molar-refractivity contribution in [2.45, 2.75) is 0 Å². The Kier molecular flexibility index (Phi) is 2.40. The second-order valence-electron chi connectivity index (χ2n) is 2.12. The lowest BCUT2D eigenvalue weighted by molar-refractivity contribution is -0.390. The zero-order valence-electron chi connectivity index (χ0n) is 6.72. The van der Waals surface area contributed by atoms with Gasteiger partial charge in [0.05, 0.1) is 12.7 Å². The van der Waals surface area contributed by atoms with Gasteiger partial charge in [-0.05, 0) is 9.91 Å². The van der Waals surface area contributed by atoms with Crippen LogP contribution in [-0.4, -0.2) is 17.0 Å². The minimum Gasteiger partial charge on any atom is -0.489 e. The molecule has 0 saturated heterocycles. The first-order valence-electron chi connectivity index (χ1n) is 3.27. The van der Waals surface area contributed by atoms with E-state index in [0.717, 1.165) is 6.20 Å². The molecule has 0 aliphatic rings. The van der Waals surface area contributed by atoms with Crippen molar-refractivity contribution in [2.24, 2.45) is 0 Å². The average Bonchev–Trinajstić information content (AvgIpc) is 2.16. The number of rotatable bonds is 2. The van der Waals surface area contributed by atoms with Gasteiger partial charge < -0.3 is 14.9 Å². The zero-order valence-corrected chi connectivity index (χ0v) is 6.72. The van der Waals surface area contributed by atoms with E-state index in [1.807, 2.05) is 0 Å². The molecule has 0 fully saturated rings. The predicted octanol–water partition coefficient (Wildman–Crippen LogP) is 0.870. The maximum absolute atomic E-state index is 10.4. The first kappa shape index (κ1) is 8.93. The minimum atomic E-state index is -0.667. The normalized spacial score (nSPS) is 8.92. The van der Waals surface area contributed by atoms with Crippen LogP contribution in [0.1, 0.15) is 5.56 Å². The van der Waals surface area contributed by atoms with Gasteiger partial charge in [0.15, 0.2) is 6.20 Å². The van der Waals surface area contributed by atoms with Crippen LogP contribution in [-0.2, 0) is 0 Å². The van der Waals surface area contributed by atoms with E-state index in [1.165, 1.54) is 13.2 Å². The number of hydrogen-bond donors (Lipinski definition) is 0. The Bertz CT molecular complexity index is 383. The molecule has 0 saturated carbocycles. The van der Waals surface area contributed by atoms with Crippen molar-refractivity contribution in [1.29, 1.82) is 5.26 Å². The highest BCUT2D eigenvalue weighted by atomic mass is 16.6. The molecule has 1 aromatic rings. The van der Waals surface area contributed by atoms with Gasteiger partial charge in [0.2, 0.25) is 5.75 Å². The standard InChI is InChI=1S/C7H5N3O3/c1-13-6-2-5(3-8)4-9-7(6)10(11)12/h2,4H,1H3. The summed E-state index contributed by atoms with van der Waals surface area (Å²) in [6.07, 6.45) is 1.13. The maximum atomic E-state index is 10.4. The van der Waals surface area contributed by atoms with Crippen molar-refractivity contribution >= 4 is 5.82 Å². The predicted molar refractivity (Wildman–Crippen MR) is 42.2 cm³/mol. The highest BCUT2D eigenvalue weighted by Gasteiger charge is 2.16. The van der Waals surface area contributed by atoms with Crippen molar-refractivity contribution < 1.29 is 9.66 Å². The van der Waals surface area contributed by atoms with E-state index >= 15 is 0 Å². The fourth-order valence-electron chi connectivity index (χ4n) is 0.786. The van der Waals surface area contributed by atoms with Gasteiger partial charge in [-0.3, -0.25) is 0 Å². The SMILES string of the molecule is COc1cc(C#N)cnc1[N+](=O)[O-]. The zero-order chi connectivity index (χ0) is 9.84. The number of nitro groups is 1. The third kappa shape index (κ3) is 1.70. The molecule has 0 spiro atoms. The Morgan fingerprint density at radius 3 is 2.92 bits per heavy atom. The summed E-state index contributed by atoms with van der Waals surface area (Å²) in [5.74, 6) is -0.398. The van der Waals surface area contributed by atoms with Crippen LogP contribution in [0.5, 0.6) is 5.75 Å². The van der Waals surface area contributed by atoms with Gasteiger partial charge in [-0.25, -0.2) is 0 Å². The van der Waals surface area contributed by atoms with Crippen molar-refractivity contribution in [3.63, 3.8) is 0 Å². The largest absolute Gasteiger partial charge is 0.489 e. The maximum Gasteiger partial charge on any atom is 0.406 e. The molecule has 0 bridgehead atoms. The summed E-state index contributed by atoms with van der Waals surface area (Å²) < 4.78 is 4.69. The van der Waals surface area contributed by atoms with E-state index in [-0.39, 0.29) is 17.1 Å². The third-order valence-corrected chi connectivity index (χ3v) is 1.35. The molecule has 0 amide bonds. The first-order chi connectivity index (χ1) is 6.19. The number of ether oxygens (including phenoxy) is 1. The van der Waals surface area contributed by atoms with Gasteiger partial charge in [-0.2, -0.15) is 5.26 Å². The molecule has 13 heavy (non-hydrogen) atoms. The van der Waals surface area contributed by atoms with Crippen LogP contribution < -0.4 is 4.74 Å². The number of nitrogens with zero attached hydrogens (tertiary/aromatic N) is 3. The molecule has 0 aliphatic heterocycles. The van der Waals surface area contributed by atoms with Crippen molar-refractivity contribution in [2.75, 3.05) is 7.11 Å². The number of nitriles is 1. The van der Waals surface area contributed by atoms with E-state index in [9.17, 15) is 10.1 Å². The van der Waals surface area contributed by atoms with Gasteiger partial charge in [0, 0.05) is 6.07 Å². The molecule has 0 N–H and O–H groups in total. The highest BCUT2D eigenvalue weighted by molar-refractivity contribution is 5.44. The van der Waals surface area contributed by atoms with Crippen LogP contribution in [0.3, 0.4) is 0 Å². The molecule has 1 heterocycles. The lowest BCUT2D eigenvalue weighted by Gasteiger charge is -1.99. The lowest BCUT2D eigenvalue weighted by Crippen LogP contribution is -1.97. The van der Waals surface area contributed by atoms with E-state index in [0.29, 0.717) is 0 Å². The van der Waals surface area contributed by atoms with Crippen molar-refractivity contribution in [3.8, 4) is 11.8 Å². The van der Waals surface area contributed by atoms with Crippen LogP contribution in [0, 0.1) is 21.4 Å². The van der Waals surface area contributed by atoms with Crippen molar-refractivity contribution in [1.82, 2.24) is 4.98 Å². The van der Waals surface area contributed by atoms with E-state index in [4.69, 9.17) is 10.00 Å². The van der Waals surface area contributed by atoms with Crippen LogP contribution in [0.4, 0.5) is 5.82 Å². The summed E-state index contributed by atoms with van der Waals surface area (Å²) in [7, 11) is 1.28. The van der Waals surface area contributed by atoms with Gasteiger partial charge in [-0.1, -0.05) is 0 Å². The smallest absolute Gasteiger partial charge is 0.406 e. The molecular weight excluding hydrogens is 174 g/mol. The van der Waals surface area contributed by atoms with E-state index < -0.39 is 4.92 Å². The molecule has 0 aromatic carbocycles. The highest BCUT2D eigenvalue weighted by Crippen LogP contribution is 2.23. The summed E-state index contributed by atoms with van der Waals surface area (Å²) in [5, 5.41) is 18.8. The van der Waals surface area contributed by atoms with E-state index in [1.54, 1.807) is 6.07 Å². The summed E-state index contributed by atoms with van der Waals surface area (Å²) in [4.78, 5) is 13.2. The Morgan fingerprint density at radius 2 is 2.46 bits per heavy atom. The monoisotopic (exact) mass is 179 g/mol. The molecule has 0 atom stereocenters. The fraction of sp³-hybridized carbons (Fsp3) is 0.143. The molecule has 1 aromatic heterocycles. The molecule has 6 nitrogen and oxygen atoms in total. The van der Waals surface area contributed by atoms with Crippen molar-refractivity contribution in [3.05, 3.63) is 27.9 Å². The molecular formula is C7H5N3O3. The summed E-state index contributed by atoms with van der Waals surface area (Å²) >= 11 is 0. The molecule has 0 radical (unpaired) electrons. The minimum absolute atomic E-state index is 0.0101. The van der Waals surface area contributed by atoms with Gasteiger partial charge >= 0.3 is 5.82 Å². The van der Waals surface area contributed by atoms with E-state index in [2.05, 4.69) is 4.98 Å². The molecule has 66 valence electrons. The van der Waals surface area contributed by atoms with Crippen LogP contribution in [0.2, 0.25) is 0 Å². The van der Waals surface area contributed by atoms with Crippen LogP contribution in [0.15, 0.2) is 12.3 Å². The quantitative estimate of drug-likeness (QED) is 0.496. The topological polar surface area (TPSA) is 89.0 Å². The number of hydrogen-bond acceptors (Lipinski definition) is 5. The summed E-state index contributed by atoms with van der Waals surface area (Å²) in [6, 6.07) is 3.07. The molecule has 0 aliphatic carbocycles. The number of aromatic nitrogens is 1. The summed E-state index contributed by atoms with van der Waals surface area (Å²) in [6.45, 7) is 0. The summed E-state index contributed by atoms with van der Waals surface area (Å²) in [5.41, 5.74) is 0.224. The Hall–Kier alpha value is -2.16. The fourth-order valence-corrected chi connectivity index (χ4v) is 0.786. The van der Waals surface area contributed by atoms with Crippen LogP contribution >= 0.6 is 0 Å². The Labute approximate surface area is 73.5 Å². The molecule has 0 unspecified atom stereocenters. The third-order valence-electron chi connectivity index (χ3n) is 1.35. The molecule has 1 rings (SSSR count). The van der Waals surface area contributed by atoms with Gasteiger partial charge in [0.1, 0.15) is 6.07 Å².